The number of ether oxygens (including phenoxy) is 2. The maximum absolute atomic E-state index is 13.6. The number of alkyl halides is 2. The molecular weight excluding hydrogens is 493 g/mol. The van der Waals surface area contributed by atoms with E-state index in [9.17, 15) is 31.2 Å². The van der Waals surface area contributed by atoms with Gasteiger partial charge in [0.2, 0.25) is 10.0 Å². The van der Waals surface area contributed by atoms with Gasteiger partial charge in [0.05, 0.1) is 18.8 Å². The number of aryl methyl sites for hydroxylation is 1. The van der Waals surface area contributed by atoms with Gasteiger partial charge in [-0.15, -0.1) is 0 Å². The molecule has 1 fully saturated rings. The fourth-order valence-corrected chi connectivity index (χ4v) is 5.63. The van der Waals surface area contributed by atoms with Crippen LogP contribution in [0.2, 0.25) is 0 Å². The highest BCUT2D eigenvalue weighted by Gasteiger charge is 2.42. The lowest BCUT2D eigenvalue weighted by molar-refractivity contribution is 0.101. The molecule has 1 saturated heterocycles. The first kappa shape index (κ1) is 24.9. The molecule has 0 aliphatic carbocycles. The zero-order valence-electron chi connectivity index (χ0n) is 18.8. The molecule has 2 amide bonds. The average molecular weight is 516 g/mol. The predicted octanol–water partition coefficient (Wildman–Crippen LogP) is 2.48. The molecule has 0 saturated carbocycles. The van der Waals surface area contributed by atoms with Gasteiger partial charge >= 0.3 is 6.09 Å². The van der Waals surface area contributed by atoms with E-state index in [1.54, 1.807) is 6.92 Å². The number of hydrogen-bond donors (Lipinski definition) is 2. The minimum atomic E-state index is -4.15. The van der Waals surface area contributed by atoms with Crippen molar-refractivity contribution < 1.29 is 40.7 Å². The normalized spacial score (nSPS) is 20.9. The van der Waals surface area contributed by atoms with Crippen LogP contribution < -0.4 is 14.8 Å². The average Bonchev–Trinajstić information content (AvgIpc) is 3.33. The van der Waals surface area contributed by atoms with Gasteiger partial charge in [0.1, 0.15) is 10.7 Å². The summed E-state index contributed by atoms with van der Waals surface area (Å²) >= 11 is 0. The van der Waals surface area contributed by atoms with Gasteiger partial charge in [-0.2, -0.15) is 0 Å². The zero-order chi connectivity index (χ0) is 25.5. The molecule has 190 valence electrons. The third kappa shape index (κ3) is 4.80. The third-order valence-electron chi connectivity index (χ3n) is 5.81. The molecule has 0 radical (unpaired) electrons. The van der Waals surface area contributed by atoms with E-state index < -0.39 is 51.8 Å². The Morgan fingerprint density at radius 1 is 1.31 bits per heavy atom. The molecule has 10 nitrogen and oxygen atoms in total. The first-order chi connectivity index (χ1) is 16.5. The van der Waals surface area contributed by atoms with E-state index in [4.69, 9.17) is 9.47 Å². The molecule has 2 aliphatic heterocycles. The number of carbonyl (C=O) groups excluding carboxylic acids is 2. The van der Waals surface area contributed by atoms with Crippen molar-refractivity contribution in [2.24, 2.45) is 13.0 Å². The number of likely N-dealkylation sites (tertiary alicyclic amines) is 1. The second-order valence-electron chi connectivity index (χ2n) is 8.18. The van der Waals surface area contributed by atoms with Gasteiger partial charge in [-0.1, -0.05) is 0 Å². The number of nitrogens with one attached hydrogen (secondary N) is 2. The van der Waals surface area contributed by atoms with Gasteiger partial charge in [0, 0.05) is 44.0 Å². The van der Waals surface area contributed by atoms with E-state index in [1.807, 2.05) is 0 Å². The lowest BCUT2D eigenvalue weighted by atomic mass is 10.1. The van der Waals surface area contributed by atoms with Crippen LogP contribution in [0.15, 0.2) is 29.3 Å². The van der Waals surface area contributed by atoms with Crippen molar-refractivity contribution in [1.82, 2.24) is 14.2 Å². The molecule has 35 heavy (non-hydrogen) atoms. The van der Waals surface area contributed by atoms with Crippen LogP contribution in [-0.2, 0) is 21.8 Å². The van der Waals surface area contributed by atoms with E-state index >= 15 is 0 Å². The molecule has 1 aromatic heterocycles. The molecule has 3 heterocycles. The van der Waals surface area contributed by atoms with Crippen molar-refractivity contribution in [1.29, 1.82) is 0 Å². The fraction of sp³-hybridized carbons (Fsp3) is 0.429. The first-order valence-corrected chi connectivity index (χ1v) is 12.1. The molecule has 4 rings (SSSR count). The van der Waals surface area contributed by atoms with Gasteiger partial charge in [-0.05, 0) is 25.1 Å². The maximum Gasteiger partial charge on any atom is 0.409 e. The number of sulfonamides is 1. The predicted molar refractivity (Wildman–Crippen MR) is 116 cm³/mol. The van der Waals surface area contributed by atoms with Gasteiger partial charge in [-0.3, -0.25) is 4.79 Å². The Kier molecular flexibility index (Phi) is 6.68. The van der Waals surface area contributed by atoms with E-state index in [1.165, 1.54) is 22.7 Å². The van der Waals surface area contributed by atoms with E-state index in [0.29, 0.717) is 0 Å². The second kappa shape index (κ2) is 9.41. The molecule has 0 spiro atoms. The molecule has 2 aromatic rings. The Balaban J connectivity index is 1.62. The highest BCUT2D eigenvalue weighted by molar-refractivity contribution is 7.89. The number of amides is 2. The minimum Gasteiger partial charge on any atom is -0.489 e. The highest BCUT2D eigenvalue weighted by Crippen LogP contribution is 2.35. The summed E-state index contributed by atoms with van der Waals surface area (Å²) in [6.45, 7) is 2.10. The Morgan fingerprint density at radius 2 is 2.06 bits per heavy atom. The quantitative estimate of drug-likeness (QED) is 0.645. The lowest BCUT2D eigenvalue weighted by Crippen LogP contribution is -2.43. The topological polar surface area (TPSA) is 119 Å². The Labute approximate surface area is 199 Å². The van der Waals surface area contributed by atoms with Crippen molar-refractivity contribution in [2.45, 2.75) is 24.3 Å². The standard InChI is InChI=1S/C21H23F3N4O6S/c1-3-33-21(30)28-7-11-10-34-18-16(35(31,32)26-15(11)8-28)9-27(2)17(18)20(29)25-12-4-5-14(22)13(6-12)19(23)24/h4-6,9,11,15,19,26H,3,7-8,10H2,1-2H3,(H,25,29). The number of nitrogens with zero attached hydrogens (tertiary/aromatic N) is 2. The summed E-state index contributed by atoms with van der Waals surface area (Å²) in [4.78, 5) is 26.2. The number of benzene rings is 1. The summed E-state index contributed by atoms with van der Waals surface area (Å²) in [7, 11) is -2.72. The van der Waals surface area contributed by atoms with Crippen molar-refractivity contribution in [3.8, 4) is 5.75 Å². The zero-order valence-corrected chi connectivity index (χ0v) is 19.6. The van der Waals surface area contributed by atoms with E-state index in [0.717, 1.165) is 18.2 Å². The SMILES string of the molecule is CCOC(=O)N1CC2COc3c(cn(C)c3C(=O)Nc3ccc(F)c(C(F)F)c3)S(=O)(=O)NC2C1. The van der Waals surface area contributed by atoms with Crippen molar-refractivity contribution >= 4 is 27.7 Å². The summed E-state index contributed by atoms with van der Waals surface area (Å²) in [6.07, 6.45) is -2.46. The van der Waals surface area contributed by atoms with E-state index in [2.05, 4.69) is 10.0 Å². The number of aromatic nitrogens is 1. The number of rotatable bonds is 4. The Bertz CT molecular complexity index is 1270. The van der Waals surface area contributed by atoms with Crippen LogP contribution in [0.4, 0.5) is 23.7 Å². The Morgan fingerprint density at radius 3 is 2.74 bits per heavy atom. The molecule has 0 bridgehead atoms. The summed E-state index contributed by atoms with van der Waals surface area (Å²) in [5.74, 6) is -2.59. The molecule has 2 unspecified atom stereocenters. The molecular formula is C21H23F3N4O6S. The van der Waals surface area contributed by atoms with Crippen LogP contribution in [0.5, 0.6) is 5.75 Å². The van der Waals surface area contributed by atoms with Crippen LogP contribution in [0.25, 0.3) is 0 Å². The monoisotopic (exact) mass is 516 g/mol. The summed E-state index contributed by atoms with van der Waals surface area (Å²) in [5, 5.41) is 2.38. The van der Waals surface area contributed by atoms with Gasteiger partial charge in [0.15, 0.2) is 11.4 Å². The number of halogens is 3. The fourth-order valence-electron chi connectivity index (χ4n) is 4.14. The van der Waals surface area contributed by atoms with Crippen molar-refractivity contribution in [3.05, 3.63) is 41.5 Å². The highest BCUT2D eigenvalue weighted by atomic mass is 32.2. The molecule has 14 heteroatoms. The number of carbonyl (C=O) groups is 2. The Hall–Kier alpha value is -3.26. The minimum absolute atomic E-state index is 0.00748. The van der Waals surface area contributed by atoms with Crippen LogP contribution in [0.3, 0.4) is 0 Å². The smallest absolute Gasteiger partial charge is 0.409 e. The van der Waals surface area contributed by atoms with Gasteiger partial charge in [-0.25, -0.2) is 31.1 Å². The summed E-state index contributed by atoms with van der Waals surface area (Å²) in [6, 6.07) is 2.09. The second-order valence-corrected chi connectivity index (χ2v) is 9.86. The van der Waals surface area contributed by atoms with Crippen LogP contribution >= 0.6 is 0 Å². The van der Waals surface area contributed by atoms with Gasteiger partial charge in [0.25, 0.3) is 12.3 Å². The van der Waals surface area contributed by atoms with Crippen molar-refractivity contribution in [2.75, 3.05) is 31.6 Å². The largest absolute Gasteiger partial charge is 0.489 e. The molecule has 2 N–H and O–H groups in total. The van der Waals surface area contributed by atoms with E-state index in [-0.39, 0.29) is 48.3 Å². The van der Waals surface area contributed by atoms with Crippen LogP contribution in [0, 0.1) is 11.7 Å². The lowest BCUT2D eigenvalue weighted by Gasteiger charge is -2.23. The molecule has 1 aromatic carbocycles. The van der Waals surface area contributed by atoms with Crippen LogP contribution in [0.1, 0.15) is 29.4 Å². The summed E-state index contributed by atoms with van der Waals surface area (Å²) < 4.78 is 80.4. The molecule has 2 atom stereocenters. The number of hydrogen-bond acceptors (Lipinski definition) is 6. The first-order valence-electron chi connectivity index (χ1n) is 10.7. The number of fused-ring (bicyclic) bond motifs is 2. The number of anilines is 1. The van der Waals surface area contributed by atoms with Crippen LogP contribution in [-0.4, -0.2) is 62.2 Å². The molecule has 2 aliphatic rings. The summed E-state index contributed by atoms with van der Waals surface area (Å²) in [5.41, 5.74) is -1.16. The maximum atomic E-state index is 13.6. The third-order valence-corrected chi connectivity index (χ3v) is 7.29. The van der Waals surface area contributed by atoms with Crippen molar-refractivity contribution in [3.63, 3.8) is 0 Å². The van der Waals surface area contributed by atoms with Gasteiger partial charge < -0.3 is 24.3 Å².